The molecule has 28 heavy (non-hydrogen) atoms. The summed E-state index contributed by atoms with van der Waals surface area (Å²) in [6.45, 7) is 6.27. The Hall–Kier alpha value is -2.81. The maximum absolute atomic E-state index is 12.9. The summed E-state index contributed by atoms with van der Waals surface area (Å²) in [5, 5.41) is 10.4. The van der Waals surface area contributed by atoms with Gasteiger partial charge in [0, 0.05) is 55.4 Å². The van der Waals surface area contributed by atoms with Gasteiger partial charge in [0.15, 0.2) is 0 Å². The van der Waals surface area contributed by atoms with E-state index in [1.54, 1.807) is 12.1 Å². The van der Waals surface area contributed by atoms with Crippen LogP contribution in [-0.4, -0.2) is 72.1 Å². The maximum Gasteiger partial charge on any atom is 0.407 e. The highest BCUT2D eigenvalue weighted by atomic mass is 16.4. The maximum atomic E-state index is 12.9. The molecule has 0 aliphatic carbocycles. The molecular formula is C19H27N5O4. The summed E-state index contributed by atoms with van der Waals surface area (Å²) in [5.74, 6) is 0.237. The summed E-state index contributed by atoms with van der Waals surface area (Å²) < 4.78 is 0. The van der Waals surface area contributed by atoms with Crippen molar-refractivity contribution in [1.82, 2.24) is 15.3 Å². The van der Waals surface area contributed by atoms with Gasteiger partial charge in [-0.15, -0.1) is 0 Å². The highest BCUT2D eigenvalue weighted by molar-refractivity contribution is 6.00. The molecule has 0 radical (unpaired) electrons. The van der Waals surface area contributed by atoms with Gasteiger partial charge in [-0.1, -0.05) is 0 Å². The van der Waals surface area contributed by atoms with Crippen LogP contribution in [-0.2, 0) is 4.79 Å². The van der Waals surface area contributed by atoms with Crippen LogP contribution in [0.15, 0.2) is 18.2 Å². The fourth-order valence-electron chi connectivity index (χ4n) is 4.01. The van der Waals surface area contributed by atoms with E-state index in [9.17, 15) is 14.4 Å². The second kappa shape index (κ2) is 8.05. The van der Waals surface area contributed by atoms with Crippen molar-refractivity contribution in [3.63, 3.8) is 0 Å². The number of hydrogen-bond acceptors (Lipinski definition) is 6. The number of carbonyl (C=O) groups excluding carboxylic acids is 2. The Kier molecular flexibility index (Phi) is 5.73. The van der Waals surface area contributed by atoms with E-state index in [2.05, 4.69) is 10.3 Å². The second-order valence-corrected chi connectivity index (χ2v) is 7.75. The van der Waals surface area contributed by atoms with Crippen LogP contribution in [0.25, 0.3) is 0 Å². The zero-order valence-corrected chi connectivity index (χ0v) is 16.2. The van der Waals surface area contributed by atoms with Gasteiger partial charge in [-0.3, -0.25) is 9.80 Å². The predicted molar refractivity (Wildman–Crippen MR) is 105 cm³/mol. The number of carboxylic acid groups (broad SMARTS) is 1. The first-order valence-corrected chi connectivity index (χ1v) is 9.44. The van der Waals surface area contributed by atoms with Gasteiger partial charge in [-0.25, -0.2) is 10.2 Å². The van der Waals surface area contributed by atoms with Gasteiger partial charge in [0.2, 0.25) is 0 Å². The topological polar surface area (TPSA) is 119 Å². The van der Waals surface area contributed by atoms with E-state index in [0.29, 0.717) is 42.5 Å². The van der Waals surface area contributed by atoms with Gasteiger partial charge < -0.3 is 25.4 Å². The van der Waals surface area contributed by atoms with E-state index in [-0.39, 0.29) is 18.5 Å². The first-order valence-electron chi connectivity index (χ1n) is 9.44. The lowest BCUT2D eigenvalue weighted by atomic mass is 10.0. The van der Waals surface area contributed by atoms with Gasteiger partial charge in [0.1, 0.15) is 6.29 Å². The Labute approximate surface area is 164 Å². The van der Waals surface area contributed by atoms with Crippen LogP contribution in [0.3, 0.4) is 0 Å². The number of likely N-dealkylation sites (tertiary alicyclic amines) is 1. The molecule has 2 fully saturated rings. The van der Waals surface area contributed by atoms with Gasteiger partial charge in [0.25, 0.3) is 5.91 Å². The van der Waals surface area contributed by atoms with Crippen molar-refractivity contribution in [3.8, 4) is 0 Å². The molecule has 2 unspecified atom stereocenters. The number of nitrogens with zero attached hydrogens (tertiary/aromatic N) is 3. The number of nitrogens with one attached hydrogen (secondary N) is 1. The summed E-state index contributed by atoms with van der Waals surface area (Å²) in [6.07, 6.45) is -0.197. The number of benzene rings is 1. The summed E-state index contributed by atoms with van der Waals surface area (Å²) >= 11 is 0. The fourth-order valence-corrected chi connectivity index (χ4v) is 4.01. The van der Waals surface area contributed by atoms with E-state index in [4.69, 9.17) is 10.8 Å². The molecule has 2 aliphatic heterocycles. The third kappa shape index (κ3) is 4.04. The van der Waals surface area contributed by atoms with Crippen LogP contribution in [0, 0.1) is 11.8 Å². The molecule has 4 N–H and O–H groups in total. The molecule has 2 atom stereocenters. The number of nitrogen functional groups attached to an aromatic ring is 1. The van der Waals surface area contributed by atoms with Crippen molar-refractivity contribution < 1.29 is 19.5 Å². The SMILES string of the molecule is CC(C)NN(CC=O)C(=O)c1cc(N2CC3CN(C(=O)O)CC3C2)ccc1N. The Morgan fingerprint density at radius 2 is 1.93 bits per heavy atom. The molecular weight excluding hydrogens is 362 g/mol. The lowest BCUT2D eigenvalue weighted by Gasteiger charge is -2.26. The van der Waals surface area contributed by atoms with E-state index < -0.39 is 6.09 Å². The van der Waals surface area contributed by atoms with Crippen molar-refractivity contribution in [2.75, 3.05) is 43.4 Å². The second-order valence-electron chi connectivity index (χ2n) is 7.75. The van der Waals surface area contributed by atoms with Crippen LogP contribution in [0.2, 0.25) is 0 Å². The smallest absolute Gasteiger partial charge is 0.407 e. The number of aldehydes is 1. The zero-order chi connectivity index (χ0) is 20.4. The largest absolute Gasteiger partial charge is 0.465 e. The van der Waals surface area contributed by atoms with Crippen molar-refractivity contribution in [2.45, 2.75) is 19.9 Å². The molecule has 2 saturated heterocycles. The minimum atomic E-state index is -0.866. The van der Waals surface area contributed by atoms with Gasteiger partial charge in [0.05, 0.1) is 12.1 Å². The molecule has 0 spiro atoms. The van der Waals surface area contributed by atoms with Crippen molar-refractivity contribution in [1.29, 1.82) is 0 Å². The zero-order valence-electron chi connectivity index (χ0n) is 16.2. The normalized spacial score (nSPS) is 21.1. The van der Waals surface area contributed by atoms with Crippen molar-refractivity contribution >= 4 is 29.7 Å². The van der Waals surface area contributed by atoms with Gasteiger partial charge in [-0.05, 0) is 32.0 Å². The first-order chi connectivity index (χ1) is 13.3. The van der Waals surface area contributed by atoms with Gasteiger partial charge >= 0.3 is 6.09 Å². The monoisotopic (exact) mass is 389 g/mol. The molecule has 1 aromatic rings. The lowest BCUT2D eigenvalue weighted by Crippen LogP contribution is -2.47. The highest BCUT2D eigenvalue weighted by Gasteiger charge is 2.41. The molecule has 0 aromatic heterocycles. The Bertz CT molecular complexity index is 755. The molecule has 2 heterocycles. The molecule has 2 amide bonds. The number of nitrogens with two attached hydrogens (primary N) is 1. The number of anilines is 2. The summed E-state index contributed by atoms with van der Waals surface area (Å²) in [4.78, 5) is 38.7. The average Bonchev–Trinajstić information content (AvgIpc) is 3.20. The van der Waals surface area contributed by atoms with Crippen LogP contribution >= 0.6 is 0 Å². The van der Waals surface area contributed by atoms with E-state index >= 15 is 0 Å². The van der Waals surface area contributed by atoms with E-state index in [0.717, 1.165) is 18.8 Å². The van der Waals surface area contributed by atoms with Crippen LogP contribution in [0.1, 0.15) is 24.2 Å². The van der Waals surface area contributed by atoms with Crippen molar-refractivity contribution in [3.05, 3.63) is 23.8 Å². The Balaban J connectivity index is 1.76. The van der Waals surface area contributed by atoms with E-state index in [1.807, 2.05) is 19.9 Å². The number of hydrogen-bond donors (Lipinski definition) is 3. The molecule has 9 heteroatoms. The van der Waals surface area contributed by atoms with Crippen LogP contribution < -0.4 is 16.1 Å². The highest BCUT2D eigenvalue weighted by Crippen LogP contribution is 2.35. The molecule has 1 aromatic carbocycles. The third-order valence-corrected chi connectivity index (χ3v) is 5.31. The average molecular weight is 389 g/mol. The van der Waals surface area contributed by atoms with Crippen LogP contribution in [0.5, 0.6) is 0 Å². The molecule has 152 valence electrons. The molecule has 9 nitrogen and oxygen atoms in total. The number of carbonyl (C=O) groups is 3. The first kappa shape index (κ1) is 19.9. The molecule has 3 rings (SSSR count). The third-order valence-electron chi connectivity index (χ3n) is 5.31. The molecule has 2 aliphatic rings. The fraction of sp³-hybridized carbons (Fsp3) is 0.526. The van der Waals surface area contributed by atoms with E-state index in [1.165, 1.54) is 9.91 Å². The Morgan fingerprint density at radius 3 is 2.46 bits per heavy atom. The number of hydrazine groups is 1. The number of amides is 2. The molecule has 0 bridgehead atoms. The minimum Gasteiger partial charge on any atom is -0.465 e. The molecule has 0 saturated carbocycles. The number of rotatable bonds is 6. The predicted octanol–water partition coefficient (Wildman–Crippen LogP) is 0.869. The summed E-state index contributed by atoms with van der Waals surface area (Å²) in [5.41, 5.74) is 10.6. The minimum absolute atomic E-state index is 0.0107. The summed E-state index contributed by atoms with van der Waals surface area (Å²) in [7, 11) is 0. The quantitative estimate of drug-likeness (QED) is 0.375. The summed E-state index contributed by atoms with van der Waals surface area (Å²) in [6, 6.07) is 5.33. The Morgan fingerprint density at radius 1 is 1.29 bits per heavy atom. The lowest BCUT2D eigenvalue weighted by molar-refractivity contribution is -0.109. The standard InChI is InChI=1S/C19H27N5O4/c1-12(2)21-24(5-6-25)18(26)16-7-15(3-4-17(16)20)22-8-13-10-23(19(27)28)11-14(13)9-22/h3-4,6-7,12-14,21H,5,8-11,20H2,1-2H3,(H,27,28). The van der Waals surface area contributed by atoms with Crippen LogP contribution in [0.4, 0.5) is 16.2 Å². The number of fused-ring (bicyclic) bond motifs is 1. The van der Waals surface area contributed by atoms with Gasteiger partial charge in [-0.2, -0.15) is 0 Å². The van der Waals surface area contributed by atoms with Crippen molar-refractivity contribution in [2.24, 2.45) is 11.8 Å².